The lowest BCUT2D eigenvalue weighted by molar-refractivity contribution is -0.147. The first-order valence-electron chi connectivity index (χ1n) is 13.0. The third-order valence-corrected chi connectivity index (χ3v) is 5.79. The summed E-state index contributed by atoms with van der Waals surface area (Å²) in [7, 11) is 0. The Morgan fingerprint density at radius 2 is 1.00 bits per heavy atom. The van der Waals surface area contributed by atoms with Gasteiger partial charge in [0.2, 0.25) is 0 Å². The third kappa shape index (κ3) is 19.5. The molecule has 0 aliphatic rings. The van der Waals surface area contributed by atoms with Crippen LogP contribution >= 0.6 is 0 Å². The van der Waals surface area contributed by atoms with E-state index in [4.69, 9.17) is 18.9 Å². The van der Waals surface area contributed by atoms with Gasteiger partial charge in [-0.25, -0.2) is 0 Å². The monoisotopic (exact) mass is 458 g/mol. The van der Waals surface area contributed by atoms with Crippen molar-refractivity contribution in [2.75, 3.05) is 39.6 Å². The number of hydrogen-bond acceptors (Lipinski definition) is 6. The standard InChI is InChI=1S/C26H50O6/c1-5-9-13-23(7-3)21-29-17-19-31-25(27)15-11-12-16-26(28)32-20-18-30-22-24(8-4)14-10-6-2/h23-24H,5-22H2,1-4H3. The van der Waals surface area contributed by atoms with E-state index in [-0.39, 0.29) is 11.9 Å². The summed E-state index contributed by atoms with van der Waals surface area (Å²) in [6.45, 7) is 11.7. The second-order valence-electron chi connectivity index (χ2n) is 8.63. The Morgan fingerprint density at radius 3 is 1.34 bits per heavy atom. The Balaban J connectivity index is 3.55. The van der Waals surface area contributed by atoms with Crippen LogP contribution in [-0.2, 0) is 28.5 Å². The molecule has 0 aromatic carbocycles. The second kappa shape index (κ2) is 23.0. The molecule has 0 aliphatic heterocycles. The third-order valence-electron chi connectivity index (χ3n) is 5.79. The Kier molecular flexibility index (Phi) is 22.2. The van der Waals surface area contributed by atoms with Crippen LogP contribution in [0.3, 0.4) is 0 Å². The minimum atomic E-state index is -0.234. The van der Waals surface area contributed by atoms with E-state index in [2.05, 4.69) is 27.7 Å². The lowest BCUT2D eigenvalue weighted by Crippen LogP contribution is -2.15. The van der Waals surface area contributed by atoms with Gasteiger partial charge in [-0.15, -0.1) is 0 Å². The average molecular weight is 459 g/mol. The van der Waals surface area contributed by atoms with E-state index in [0.29, 0.717) is 63.9 Å². The fourth-order valence-electron chi connectivity index (χ4n) is 3.41. The zero-order valence-corrected chi connectivity index (χ0v) is 21.3. The highest BCUT2D eigenvalue weighted by Crippen LogP contribution is 2.13. The summed E-state index contributed by atoms with van der Waals surface area (Å²) in [6, 6.07) is 0. The van der Waals surface area contributed by atoms with Crippen molar-refractivity contribution >= 4 is 11.9 Å². The number of carbonyl (C=O) groups excluding carboxylic acids is 2. The molecular formula is C26H50O6. The number of hydrogen-bond donors (Lipinski definition) is 0. The SMILES string of the molecule is CCCCC(CC)COCCOC(=O)CCCCC(=O)OCCOCC(CC)CCCC. The summed E-state index contributed by atoms with van der Waals surface area (Å²) < 4.78 is 21.7. The van der Waals surface area contributed by atoms with Crippen molar-refractivity contribution in [2.24, 2.45) is 11.8 Å². The Labute approximate surface area is 197 Å². The van der Waals surface area contributed by atoms with Crippen molar-refractivity contribution in [2.45, 2.75) is 105 Å². The van der Waals surface area contributed by atoms with Gasteiger partial charge in [-0.2, -0.15) is 0 Å². The molecule has 6 heteroatoms. The van der Waals surface area contributed by atoms with Crippen molar-refractivity contribution in [3.63, 3.8) is 0 Å². The number of esters is 2. The van der Waals surface area contributed by atoms with E-state index in [0.717, 1.165) is 26.1 Å². The molecule has 32 heavy (non-hydrogen) atoms. The molecule has 0 heterocycles. The number of carbonyl (C=O) groups is 2. The van der Waals surface area contributed by atoms with Gasteiger partial charge in [0.1, 0.15) is 13.2 Å². The number of unbranched alkanes of at least 4 members (excludes halogenated alkanes) is 3. The summed E-state index contributed by atoms with van der Waals surface area (Å²) in [4.78, 5) is 23.5. The lowest BCUT2D eigenvalue weighted by Gasteiger charge is -2.14. The van der Waals surface area contributed by atoms with Crippen LogP contribution in [0.5, 0.6) is 0 Å². The van der Waals surface area contributed by atoms with Gasteiger partial charge in [0, 0.05) is 26.1 Å². The summed E-state index contributed by atoms with van der Waals surface area (Å²) in [5.41, 5.74) is 0. The molecule has 2 unspecified atom stereocenters. The van der Waals surface area contributed by atoms with Gasteiger partial charge in [0.15, 0.2) is 0 Å². The zero-order valence-electron chi connectivity index (χ0n) is 21.3. The maximum atomic E-state index is 11.8. The maximum Gasteiger partial charge on any atom is 0.305 e. The van der Waals surface area contributed by atoms with Crippen molar-refractivity contribution in [1.82, 2.24) is 0 Å². The highest BCUT2D eigenvalue weighted by molar-refractivity contribution is 5.70. The van der Waals surface area contributed by atoms with Crippen LogP contribution in [0.4, 0.5) is 0 Å². The van der Waals surface area contributed by atoms with Gasteiger partial charge >= 0.3 is 11.9 Å². The molecule has 0 rings (SSSR count). The summed E-state index contributed by atoms with van der Waals surface area (Å²) in [6.07, 6.45) is 11.4. The quantitative estimate of drug-likeness (QED) is 0.136. The van der Waals surface area contributed by atoms with Gasteiger partial charge in [-0.05, 0) is 37.5 Å². The molecule has 0 spiro atoms. The molecule has 2 atom stereocenters. The molecule has 0 amide bonds. The summed E-state index contributed by atoms with van der Waals surface area (Å²) in [5.74, 6) is 0.718. The van der Waals surface area contributed by atoms with Gasteiger partial charge in [-0.3, -0.25) is 9.59 Å². The normalized spacial score (nSPS) is 13.0. The van der Waals surface area contributed by atoms with Gasteiger partial charge in [-0.1, -0.05) is 66.2 Å². The minimum absolute atomic E-state index is 0.234. The van der Waals surface area contributed by atoms with Crippen molar-refractivity contribution in [1.29, 1.82) is 0 Å². The molecule has 0 saturated carbocycles. The zero-order chi connectivity index (χ0) is 23.9. The molecule has 0 aliphatic carbocycles. The van der Waals surface area contributed by atoms with E-state index in [1.54, 1.807) is 0 Å². The van der Waals surface area contributed by atoms with E-state index < -0.39 is 0 Å². The van der Waals surface area contributed by atoms with Gasteiger partial charge < -0.3 is 18.9 Å². The summed E-state index contributed by atoms with van der Waals surface area (Å²) in [5, 5.41) is 0. The average Bonchev–Trinajstić information content (AvgIpc) is 2.80. The van der Waals surface area contributed by atoms with Crippen LogP contribution in [0.2, 0.25) is 0 Å². The fourth-order valence-corrected chi connectivity index (χ4v) is 3.41. The molecular weight excluding hydrogens is 408 g/mol. The molecule has 6 nitrogen and oxygen atoms in total. The van der Waals surface area contributed by atoms with Crippen LogP contribution in [0.15, 0.2) is 0 Å². The van der Waals surface area contributed by atoms with Crippen molar-refractivity contribution in [3.05, 3.63) is 0 Å². The van der Waals surface area contributed by atoms with Crippen molar-refractivity contribution in [3.8, 4) is 0 Å². The Hall–Kier alpha value is -1.14. The van der Waals surface area contributed by atoms with Crippen LogP contribution < -0.4 is 0 Å². The van der Waals surface area contributed by atoms with E-state index >= 15 is 0 Å². The smallest absolute Gasteiger partial charge is 0.305 e. The Morgan fingerprint density at radius 1 is 0.594 bits per heavy atom. The maximum absolute atomic E-state index is 11.8. The number of rotatable bonds is 23. The van der Waals surface area contributed by atoms with E-state index in [9.17, 15) is 9.59 Å². The molecule has 190 valence electrons. The number of ether oxygens (including phenoxy) is 4. The highest BCUT2D eigenvalue weighted by atomic mass is 16.6. The molecule has 0 bridgehead atoms. The molecule has 0 saturated heterocycles. The van der Waals surface area contributed by atoms with Gasteiger partial charge in [0.25, 0.3) is 0 Å². The van der Waals surface area contributed by atoms with Crippen molar-refractivity contribution < 1.29 is 28.5 Å². The molecule has 0 aromatic heterocycles. The van der Waals surface area contributed by atoms with Crippen LogP contribution in [0.25, 0.3) is 0 Å². The largest absolute Gasteiger partial charge is 0.463 e. The highest BCUT2D eigenvalue weighted by Gasteiger charge is 2.09. The van der Waals surface area contributed by atoms with E-state index in [1.165, 1.54) is 38.5 Å². The first kappa shape index (κ1) is 30.9. The minimum Gasteiger partial charge on any atom is -0.463 e. The van der Waals surface area contributed by atoms with Crippen LogP contribution in [0, 0.1) is 11.8 Å². The predicted octanol–water partition coefficient (Wildman–Crippen LogP) is 6.10. The van der Waals surface area contributed by atoms with E-state index in [1.807, 2.05) is 0 Å². The molecule has 0 fully saturated rings. The molecule has 0 radical (unpaired) electrons. The first-order chi connectivity index (χ1) is 15.6. The molecule has 0 N–H and O–H groups in total. The van der Waals surface area contributed by atoms with Crippen LogP contribution in [0.1, 0.15) is 105 Å². The second-order valence-corrected chi connectivity index (χ2v) is 8.63. The lowest BCUT2D eigenvalue weighted by atomic mass is 10.0. The van der Waals surface area contributed by atoms with Crippen LogP contribution in [-0.4, -0.2) is 51.6 Å². The van der Waals surface area contributed by atoms with Gasteiger partial charge in [0.05, 0.1) is 13.2 Å². The predicted molar refractivity (Wildman–Crippen MR) is 129 cm³/mol. The molecule has 0 aromatic rings. The fraction of sp³-hybridized carbons (Fsp3) is 0.923. The Bertz CT molecular complexity index is 400. The summed E-state index contributed by atoms with van der Waals surface area (Å²) >= 11 is 0. The first-order valence-corrected chi connectivity index (χ1v) is 13.0. The topological polar surface area (TPSA) is 71.1 Å².